The van der Waals surface area contributed by atoms with E-state index in [9.17, 15) is 0 Å². The van der Waals surface area contributed by atoms with Crippen molar-refractivity contribution in [2.75, 3.05) is 43.9 Å². The number of likely N-dealkylation sites (N-methyl/N-ethyl adjacent to an activating group) is 1. The molecular weight excluding hydrogens is 513 g/mol. The van der Waals surface area contributed by atoms with Crippen LogP contribution in [0.15, 0.2) is 24.3 Å². The van der Waals surface area contributed by atoms with Crippen LogP contribution < -0.4 is 21.1 Å². The Balaban J connectivity index is 1.50. The first-order valence-electron chi connectivity index (χ1n) is 12.6. The van der Waals surface area contributed by atoms with Gasteiger partial charge >= 0.3 is 6.01 Å². The normalized spacial score (nSPS) is 20.8. The van der Waals surface area contributed by atoms with Crippen LogP contribution in [0.1, 0.15) is 25.7 Å². The van der Waals surface area contributed by atoms with Crippen molar-refractivity contribution in [3.63, 3.8) is 0 Å². The molecular formula is C26H29ClFN7OS. The van der Waals surface area contributed by atoms with Crippen LogP contribution in [0.2, 0.25) is 5.02 Å². The molecule has 0 amide bonds. The number of ether oxygens (including phenoxy) is 1. The Kier molecular flexibility index (Phi) is 6.52. The van der Waals surface area contributed by atoms with Gasteiger partial charge in [-0.15, -0.1) is 0 Å². The molecule has 2 aromatic carbocycles. The molecule has 11 heteroatoms. The maximum Gasteiger partial charge on any atom is 0.319 e. The molecule has 0 bridgehead atoms. The number of nitrogens with two attached hydrogens (primary N) is 2. The van der Waals surface area contributed by atoms with Gasteiger partial charge in [0.15, 0.2) is 10.9 Å². The number of anilines is 2. The average molecular weight is 542 g/mol. The quantitative estimate of drug-likeness (QED) is 0.375. The minimum absolute atomic E-state index is 0.0163. The van der Waals surface area contributed by atoms with Crippen molar-refractivity contribution in [2.24, 2.45) is 5.73 Å². The highest BCUT2D eigenvalue weighted by Crippen LogP contribution is 2.42. The van der Waals surface area contributed by atoms with Crippen LogP contribution in [-0.4, -0.2) is 65.2 Å². The van der Waals surface area contributed by atoms with E-state index >= 15 is 4.39 Å². The van der Waals surface area contributed by atoms with Crippen molar-refractivity contribution >= 4 is 55.0 Å². The number of fused-ring (bicyclic) bond motifs is 2. The van der Waals surface area contributed by atoms with Gasteiger partial charge in [0, 0.05) is 41.7 Å². The SMILES string of the molecule is CN1CCCC1COc1nc(N2CCCC(N)C2)c2cc(Cl)c(-c3cccc4sc(N)nc34)c(F)c2n1. The molecule has 2 atom stereocenters. The van der Waals surface area contributed by atoms with E-state index < -0.39 is 5.82 Å². The number of hydrogen-bond donors (Lipinski definition) is 2. The lowest BCUT2D eigenvalue weighted by atomic mass is 10.0. The number of benzene rings is 2. The Bertz CT molecular complexity index is 1480. The molecule has 2 saturated heterocycles. The lowest BCUT2D eigenvalue weighted by Crippen LogP contribution is -2.43. The predicted molar refractivity (Wildman–Crippen MR) is 148 cm³/mol. The number of para-hydroxylation sites is 1. The smallest absolute Gasteiger partial charge is 0.319 e. The first-order valence-corrected chi connectivity index (χ1v) is 13.8. The first kappa shape index (κ1) is 24.5. The van der Waals surface area contributed by atoms with Crippen LogP contribution in [0.5, 0.6) is 6.01 Å². The highest BCUT2D eigenvalue weighted by atomic mass is 35.5. The Morgan fingerprint density at radius 3 is 2.78 bits per heavy atom. The number of halogens is 2. The fourth-order valence-corrected chi connectivity index (χ4v) is 6.50. The summed E-state index contributed by atoms with van der Waals surface area (Å²) in [5.74, 6) is 0.0627. The van der Waals surface area contributed by atoms with Gasteiger partial charge in [0.1, 0.15) is 17.9 Å². The third-order valence-electron chi connectivity index (χ3n) is 7.38. The number of hydrogen-bond acceptors (Lipinski definition) is 9. The summed E-state index contributed by atoms with van der Waals surface area (Å²) in [6, 6.07) is 7.76. The molecule has 4 aromatic rings. The molecule has 2 aliphatic rings. The first-order chi connectivity index (χ1) is 17.9. The van der Waals surface area contributed by atoms with E-state index in [4.69, 9.17) is 32.8 Å². The molecule has 0 radical (unpaired) electrons. The molecule has 8 nitrogen and oxygen atoms in total. The lowest BCUT2D eigenvalue weighted by Gasteiger charge is -2.32. The van der Waals surface area contributed by atoms with Gasteiger partial charge in [0.25, 0.3) is 0 Å². The van der Waals surface area contributed by atoms with Crippen LogP contribution >= 0.6 is 22.9 Å². The minimum atomic E-state index is -0.533. The van der Waals surface area contributed by atoms with E-state index in [0.29, 0.717) is 40.6 Å². The van der Waals surface area contributed by atoms with Crippen LogP contribution in [0.25, 0.3) is 32.2 Å². The van der Waals surface area contributed by atoms with Gasteiger partial charge in [-0.3, -0.25) is 0 Å². The Hall–Kier alpha value is -2.79. The Labute approximate surface area is 223 Å². The molecule has 2 fully saturated rings. The molecule has 0 aliphatic carbocycles. The van der Waals surface area contributed by atoms with E-state index in [-0.39, 0.29) is 34.2 Å². The van der Waals surface area contributed by atoms with E-state index in [0.717, 1.165) is 43.5 Å². The maximum absolute atomic E-state index is 16.4. The molecule has 4 N–H and O–H groups in total. The zero-order valence-corrected chi connectivity index (χ0v) is 22.2. The van der Waals surface area contributed by atoms with Gasteiger partial charge in [0.05, 0.1) is 15.2 Å². The number of rotatable bonds is 5. The number of likely N-dealkylation sites (tertiary alicyclic amines) is 1. The van der Waals surface area contributed by atoms with Gasteiger partial charge in [-0.2, -0.15) is 9.97 Å². The molecule has 0 saturated carbocycles. The van der Waals surface area contributed by atoms with E-state index in [1.54, 1.807) is 12.1 Å². The summed E-state index contributed by atoms with van der Waals surface area (Å²) in [6.45, 7) is 2.87. The topological polar surface area (TPSA) is 106 Å². The summed E-state index contributed by atoms with van der Waals surface area (Å²) in [4.78, 5) is 18.1. The van der Waals surface area contributed by atoms with Crippen molar-refractivity contribution in [3.8, 4) is 17.1 Å². The summed E-state index contributed by atoms with van der Waals surface area (Å²) >= 11 is 8.11. The number of nitrogen functional groups attached to an aromatic ring is 1. The lowest BCUT2D eigenvalue weighted by molar-refractivity contribution is 0.188. The summed E-state index contributed by atoms with van der Waals surface area (Å²) in [5.41, 5.74) is 13.8. The molecule has 2 aliphatic heterocycles. The Morgan fingerprint density at radius 1 is 1.16 bits per heavy atom. The summed E-state index contributed by atoms with van der Waals surface area (Å²) in [6.07, 6.45) is 4.05. The summed E-state index contributed by atoms with van der Waals surface area (Å²) in [5, 5.41) is 1.21. The fourth-order valence-electron chi connectivity index (χ4n) is 5.44. The second-order valence-electron chi connectivity index (χ2n) is 9.91. The van der Waals surface area contributed by atoms with E-state index in [1.165, 1.54) is 11.3 Å². The summed E-state index contributed by atoms with van der Waals surface area (Å²) < 4.78 is 23.4. The Morgan fingerprint density at radius 2 is 2.00 bits per heavy atom. The van der Waals surface area contributed by atoms with E-state index in [1.807, 2.05) is 12.1 Å². The van der Waals surface area contributed by atoms with Gasteiger partial charge in [-0.25, -0.2) is 9.37 Å². The van der Waals surface area contributed by atoms with Crippen molar-refractivity contribution < 1.29 is 9.13 Å². The zero-order valence-electron chi connectivity index (χ0n) is 20.6. The third-order valence-corrected chi connectivity index (χ3v) is 8.53. The third kappa shape index (κ3) is 4.56. The molecule has 6 rings (SSSR count). The highest BCUT2D eigenvalue weighted by molar-refractivity contribution is 7.22. The number of aromatic nitrogens is 3. The van der Waals surface area contributed by atoms with Crippen molar-refractivity contribution in [1.82, 2.24) is 19.9 Å². The van der Waals surface area contributed by atoms with Crippen LogP contribution in [-0.2, 0) is 0 Å². The van der Waals surface area contributed by atoms with Gasteiger partial charge < -0.3 is 26.0 Å². The zero-order chi connectivity index (χ0) is 25.7. The molecule has 4 heterocycles. The molecule has 2 aromatic heterocycles. The second kappa shape index (κ2) is 9.83. The van der Waals surface area contributed by atoms with Crippen molar-refractivity contribution in [2.45, 2.75) is 37.8 Å². The fraction of sp³-hybridized carbons (Fsp3) is 0.423. The van der Waals surface area contributed by atoms with Crippen LogP contribution in [0, 0.1) is 5.82 Å². The minimum Gasteiger partial charge on any atom is -0.462 e. The predicted octanol–water partition coefficient (Wildman–Crippen LogP) is 4.68. The molecule has 37 heavy (non-hydrogen) atoms. The number of piperidine rings is 1. The molecule has 2 unspecified atom stereocenters. The maximum atomic E-state index is 16.4. The monoisotopic (exact) mass is 541 g/mol. The van der Waals surface area contributed by atoms with Gasteiger partial charge in [-0.05, 0) is 51.4 Å². The summed E-state index contributed by atoms with van der Waals surface area (Å²) in [7, 11) is 2.09. The molecule has 194 valence electrons. The standard InChI is InChI=1S/C26H29ClFN7OS/c1-34-9-4-6-15(34)13-36-26-32-23-17(24(33-26)35-10-3-5-14(29)12-35)11-18(27)20(21(23)28)16-7-2-8-19-22(16)31-25(30)37-19/h2,7-8,11,14-15H,3-6,9-10,12-13,29H2,1H3,(H2,30,31). The van der Waals surface area contributed by atoms with Crippen molar-refractivity contribution in [3.05, 3.63) is 35.1 Å². The highest BCUT2D eigenvalue weighted by Gasteiger charge is 2.27. The average Bonchev–Trinajstić information content (AvgIpc) is 3.47. The largest absolute Gasteiger partial charge is 0.462 e. The van der Waals surface area contributed by atoms with Crippen LogP contribution in [0.4, 0.5) is 15.3 Å². The van der Waals surface area contributed by atoms with Gasteiger partial charge in [0.2, 0.25) is 0 Å². The molecule has 0 spiro atoms. The van der Waals surface area contributed by atoms with E-state index in [2.05, 4.69) is 26.8 Å². The number of nitrogens with zero attached hydrogens (tertiary/aromatic N) is 5. The second-order valence-corrected chi connectivity index (χ2v) is 11.4. The number of thiazole rings is 1. The van der Waals surface area contributed by atoms with Gasteiger partial charge in [-0.1, -0.05) is 35.1 Å². The van der Waals surface area contributed by atoms with Crippen LogP contribution in [0.3, 0.4) is 0 Å². The van der Waals surface area contributed by atoms with Crippen molar-refractivity contribution in [1.29, 1.82) is 0 Å².